The van der Waals surface area contributed by atoms with Crippen LogP contribution in [-0.2, 0) is 11.2 Å². The standard InChI is InChI=1S/C24H25NO2/c1-24-9-6-20-19-5-3-18(26)13-16(19)2-4-21(20)22(24)14-17(23(24)27)12-15-7-10-25-11-8-15/h3,5,7-8,10-13,20-22,26H,2,4,6,9,14H2,1H3/b17-12+/t20-,21-,22+,24+/m1/s1. The predicted molar refractivity (Wildman–Crippen MR) is 105 cm³/mol. The third-order valence-electron chi connectivity index (χ3n) is 7.40. The molecule has 0 bridgehead atoms. The van der Waals surface area contributed by atoms with Crippen LogP contribution >= 0.6 is 0 Å². The molecular weight excluding hydrogens is 334 g/mol. The van der Waals surface area contributed by atoms with E-state index < -0.39 is 0 Å². The molecular formula is C24H25NO2. The lowest BCUT2D eigenvalue weighted by molar-refractivity contribution is -0.127. The summed E-state index contributed by atoms with van der Waals surface area (Å²) < 4.78 is 0. The van der Waals surface area contributed by atoms with Crippen LogP contribution in [0.5, 0.6) is 5.75 Å². The largest absolute Gasteiger partial charge is 0.508 e. The number of pyridine rings is 1. The molecule has 3 aliphatic rings. The quantitative estimate of drug-likeness (QED) is 0.736. The minimum atomic E-state index is -0.214. The van der Waals surface area contributed by atoms with Crippen LogP contribution in [0.4, 0.5) is 0 Å². The van der Waals surface area contributed by atoms with Crippen LogP contribution < -0.4 is 0 Å². The van der Waals surface area contributed by atoms with Gasteiger partial charge in [-0.25, -0.2) is 0 Å². The van der Waals surface area contributed by atoms with Crippen molar-refractivity contribution >= 4 is 11.9 Å². The summed E-state index contributed by atoms with van der Waals surface area (Å²) in [5, 5.41) is 9.83. The van der Waals surface area contributed by atoms with Gasteiger partial charge in [0, 0.05) is 17.8 Å². The minimum absolute atomic E-state index is 0.214. The molecule has 1 heterocycles. The van der Waals surface area contributed by atoms with E-state index in [1.165, 1.54) is 11.1 Å². The van der Waals surface area contributed by atoms with Gasteiger partial charge < -0.3 is 5.11 Å². The van der Waals surface area contributed by atoms with E-state index in [0.717, 1.165) is 43.2 Å². The molecule has 1 aromatic carbocycles. The molecule has 3 nitrogen and oxygen atoms in total. The average molecular weight is 359 g/mol. The molecule has 2 saturated carbocycles. The lowest BCUT2D eigenvalue weighted by atomic mass is 9.55. The van der Waals surface area contributed by atoms with Crippen molar-refractivity contribution in [3.05, 3.63) is 65.0 Å². The second-order valence-corrected chi connectivity index (χ2v) is 8.74. The Morgan fingerprint density at radius 2 is 2.00 bits per heavy atom. The molecule has 0 saturated heterocycles. The molecule has 2 aromatic rings. The van der Waals surface area contributed by atoms with Crippen molar-refractivity contribution < 1.29 is 9.90 Å². The summed E-state index contributed by atoms with van der Waals surface area (Å²) in [4.78, 5) is 17.4. The molecule has 2 fully saturated rings. The first-order valence-corrected chi connectivity index (χ1v) is 10.0. The maximum absolute atomic E-state index is 13.3. The van der Waals surface area contributed by atoms with Gasteiger partial charge in [-0.15, -0.1) is 0 Å². The van der Waals surface area contributed by atoms with Crippen molar-refractivity contribution in [1.29, 1.82) is 0 Å². The number of nitrogens with zero attached hydrogens (tertiary/aromatic N) is 1. The number of ketones is 1. The Bertz CT molecular complexity index is 933. The topological polar surface area (TPSA) is 50.2 Å². The Morgan fingerprint density at radius 3 is 2.81 bits per heavy atom. The van der Waals surface area contributed by atoms with Gasteiger partial charge in [-0.3, -0.25) is 9.78 Å². The van der Waals surface area contributed by atoms with E-state index in [1.807, 2.05) is 24.3 Å². The van der Waals surface area contributed by atoms with E-state index in [2.05, 4.69) is 24.1 Å². The number of allylic oxidation sites excluding steroid dienone is 1. The Labute approximate surface area is 160 Å². The minimum Gasteiger partial charge on any atom is -0.508 e. The zero-order chi connectivity index (χ0) is 18.6. The van der Waals surface area contributed by atoms with E-state index in [-0.39, 0.29) is 5.41 Å². The normalized spacial score (nSPS) is 33.4. The van der Waals surface area contributed by atoms with Gasteiger partial charge in [0.1, 0.15) is 5.75 Å². The van der Waals surface area contributed by atoms with Gasteiger partial charge in [-0.05, 0) is 102 Å². The Kier molecular flexibility index (Phi) is 3.75. The van der Waals surface area contributed by atoms with E-state index in [9.17, 15) is 9.90 Å². The van der Waals surface area contributed by atoms with Crippen LogP contribution in [0.1, 0.15) is 55.2 Å². The van der Waals surface area contributed by atoms with Gasteiger partial charge >= 0.3 is 0 Å². The highest BCUT2D eigenvalue weighted by atomic mass is 16.3. The molecule has 0 aliphatic heterocycles. The van der Waals surface area contributed by atoms with Gasteiger partial charge in [0.2, 0.25) is 0 Å². The van der Waals surface area contributed by atoms with Crippen LogP contribution in [0.25, 0.3) is 6.08 Å². The number of carbonyl (C=O) groups excluding carboxylic acids is 1. The number of fused-ring (bicyclic) bond motifs is 5. The molecule has 138 valence electrons. The number of phenols is 1. The van der Waals surface area contributed by atoms with Gasteiger partial charge in [0.15, 0.2) is 5.78 Å². The fourth-order valence-electron chi connectivity index (χ4n) is 6.03. The molecule has 27 heavy (non-hydrogen) atoms. The second-order valence-electron chi connectivity index (χ2n) is 8.74. The van der Waals surface area contributed by atoms with Gasteiger partial charge in [0.25, 0.3) is 0 Å². The number of benzene rings is 1. The first-order valence-electron chi connectivity index (χ1n) is 10.0. The first kappa shape index (κ1) is 16.7. The third kappa shape index (κ3) is 2.55. The summed E-state index contributed by atoms with van der Waals surface area (Å²) in [5.41, 5.74) is 4.55. The number of phenolic OH excluding ortho intramolecular Hbond substituents is 1. The monoisotopic (exact) mass is 359 g/mol. The van der Waals surface area contributed by atoms with E-state index >= 15 is 0 Å². The molecule has 0 spiro atoms. The zero-order valence-corrected chi connectivity index (χ0v) is 15.7. The van der Waals surface area contributed by atoms with Crippen LogP contribution in [-0.4, -0.2) is 15.9 Å². The summed E-state index contributed by atoms with van der Waals surface area (Å²) >= 11 is 0. The molecule has 4 atom stereocenters. The van der Waals surface area contributed by atoms with Gasteiger partial charge in [-0.2, -0.15) is 0 Å². The van der Waals surface area contributed by atoms with Crippen molar-refractivity contribution in [3.63, 3.8) is 0 Å². The molecule has 1 aromatic heterocycles. The predicted octanol–water partition coefficient (Wildman–Crippen LogP) is 4.91. The molecule has 0 unspecified atom stereocenters. The number of hydrogen-bond donors (Lipinski definition) is 1. The summed E-state index contributed by atoms with van der Waals surface area (Å²) in [5.74, 6) is 2.25. The van der Waals surface area contributed by atoms with Crippen LogP contribution in [0, 0.1) is 17.3 Å². The van der Waals surface area contributed by atoms with E-state index in [0.29, 0.717) is 29.3 Å². The highest BCUT2D eigenvalue weighted by Crippen LogP contribution is 2.60. The average Bonchev–Trinajstić information content (AvgIpc) is 2.93. The smallest absolute Gasteiger partial charge is 0.165 e. The van der Waals surface area contributed by atoms with Crippen LogP contribution in [0.3, 0.4) is 0 Å². The zero-order valence-electron chi connectivity index (χ0n) is 15.7. The SMILES string of the molecule is C[C@]12CC[C@@H]3c4ccc(O)cc4CC[C@H]3[C@@H]1C/C(=C\c1ccncc1)C2=O. The lowest BCUT2D eigenvalue weighted by Gasteiger charge is -2.48. The highest BCUT2D eigenvalue weighted by Gasteiger charge is 2.56. The van der Waals surface area contributed by atoms with Crippen molar-refractivity contribution in [1.82, 2.24) is 4.98 Å². The maximum Gasteiger partial charge on any atom is 0.165 e. The number of aromatic nitrogens is 1. The van der Waals surface area contributed by atoms with Crippen molar-refractivity contribution in [2.45, 2.75) is 44.9 Å². The van der Waals surface area contributed by atoms with Crippen LogP contribution in [0.15, 0.2) is 48.3 Å². The lowest BCUT2D eigenvalue weighted by Crippen LogP contribution is -2.42. The fourth-order valence-corrected chi connectivity index (χ4v) is 6.03. The van der Waals surface area contributed by atoms with Crippen molar-refractivity contribution in [2.75, 3.05) is 0 Å². The van der Waals surface area contributed by atoms with E-state index in [1.54, 1.807) is 12.4 Å². The van der Waals surface area contributed by atoms with Crippen molar-refractivity contribution in [2.24, 2.45) is 17.3 Å². The summed E-state index contributed by atoms with van der Waals surface area (Å²) in [6.45, 7) is 2.20. The number of aryl methyl sites for hydroxylation is 1. The summed E-state index contributed by atoms with van der Waals surface area (Å²) in [6, 6.07) is 9.82. The van der Waals surface area contributed by atoms with E-state index in [4.69, 9.17) is 0 Å². The second kappa shape index (κ2) is 6.05. The van der Waals surface area contributed by atoms with Gasteiger partial charge in [-0.1, -0.05) is 13.0 Å². The summed E-state index contributed by atoms with van der Waals surface area (Å²) in [6.07, 6.45) is 10.7. The van der Waals surface area contributed by atoms with Crippen LogP contribution in [0.2, 0.25) is 0 Å². The number of Topliss-reactive ketones (excluding diaryl/α,β-unsaturated/α-hetero) is 1. The fraction of sp³-hybridized carbons (Fsp3) is 0.417. The number of aromatic hydroxyl groups is 1. The molecule has 3 heteroatoms. The number of rotatable bonds is 1. The third-order valence-corrected chi connectivity index (χ3v) is 7.40. The first-order chi connectivity index (χ1) is 13.1. The molecule has 1 N–H and O–H groups in total. The molecule has 3 aliphatic carbocycles. The number of hydrogen-bond acceptors (Lipinski definition) is 3. The Balaban J connectivity index is 1.50. The number of carbonyl (C=O) groups is 1. The summed E-state index contributed by atoms with van der Waals surface area (Å²) in [7, 11) is 0. The van der Waals surface area contributed by atoms with Crippen molar-refractivity contribution in [3.8, 4) is 5.75 Å². The maximum atomic E-state index is 13.3. The molecule has 5 rings (SSSR count). The van der Waals surface area contributed by atoms with Gasteiger partial charge in [0.05, 0.1) is 0 Å². The highest BCUT2D eigenvalue weighted by molar-refractivity contribution is 6.05. The molecule has 0 radical (unpaired) electrons. The Morgan fingerprint density at radius 1 is 1.19 bits per heavy atom. The molecule has 0 amide bonds. The Hall–Kier alpha value is -2.42.